The number of rotatable bonds is 6. The molecule has 20 heavy (non-hydrogen) atoms. The Hall–Kier alpha value is -0.720. The zero-order valence-corrected chi connectivity index (χ0v) is 13.8. The van der Waals surface area contributed by atoms with E-state index < -0.39 is 0 Å². The van der Waals surface area contributed by atoms with Crippen LogP contribution >= 0.6 is 36.4 Å². The Kier molecular flexibility index (Phi) is 11.9. The van der Waals surface area contributed by atoms with E-state index in [4.69, 9.17) is 22.1 Å². The minimum absolute atomic E-state index is 0. The van der Waals surface area contributed by atoms with E-state index in [0.717, 1.165) is 6.54 Å². The van der Waals surface area contributed by atoms with Gasteiger partial charge in [-0.15, -0.1) is 24.8 Å². The number of benzene rings is 1. The van der Waals surface area contributed by atoms with Gasteiger partial charge in [0.25, 0.3) is 0 Å². The molecule has 0 unspecified atom stereocenters. The summed E-state index contributed by atoms with van der Waals surface area (Å²) >= 11 is 6.05. The van der Waals surface area contributed by atoms with Crippen LogP contribution in [0.5, 0.6) is 5.75 Å². The van der Waals surface area contributed by atoms with Crippen molar-refractivity contribution in [3.8, 4) is 5.75 Å². The smallest absolute Gasteiger partial charge is 0.238 e. The minimum Gasteiger partial charge on any atom is -0.491 e. The summed E-state index contributed by atoms with van der Waals surface area (Å²) in [6, 6.07) is 5.09. The van der Waals surface area contributed by atoms with Gasteiger partial charge in [0.1, 0.15) is 12.4 Å². The molecule has 0 aliphatic carbocycles. The van der Waals surface area contributed by atoms with Crippen molar-refractivity contribution in [3.63, 3.8) is 0 Å². The van der Waals surface area contributed by atoms with Crippen molar-refractivity contribution in [2.75, 3.05) is 39.1 Å². The number of nitrogens with zero attached hydrogens (tertiary/aromatic N) is 1. The van der Waals surface area contributed by atoms with E-state index in [-0.39, 0.29) is 37.3 Å². The Morgan fingerprint density at radius 1 is 1.40 bits per heavy atom. The average molecular weight is 345 g/mol. The molecule has 0 fully saturated rings. The number of carbonyl (C=O) groups excluding carboxylic acids is 1. The number of ether oxygens (including phenoxy) is 1. The first-order valence-electron chi connectivity index (χ1n) is 5.60. The van der Waals surface area contributed by atoms with Crippen molar-refractivity contribution in [2.24, 2.45) is 5.73 Å². The number of hydrogen-bond donors (Lipinski definition) is 2. The van der Waals surface area contributed by atoms with Crippen LogP contribution in [0.3, 0.4) is 0 Å². The molecular formula is C12H20Cl3N3O2. The maximum absolute atomic E-state index is 11.1. The first-order chi connectivity index (χ1) is 8.52. The van der Waals surface area contributed by atoms with Crippen molar-refractivity contribution in [1.82, 2.24) is 4.90 Å². The van der Waals surface area contributed by atoms with Gasteiger partial charge in [-0.05, 0) is 32.3 Å². The molecule has 1 aromatic carbocycles. The summed E-state index contributed by atoms with van der Waals surface area (Å²) in [6.07, 6.45) is 0. The van der Waals surface area contributed by atoms with Crippen LogP contribution in [0.1, 0.15) is 0 Å². The Morgan fingerprint density at radius 3 is 2.55 bits per heavy atom. The molecule has 0 saturated heterocycles. The Bertz CT molecular complexity index is 417. The van der Waals surface area contributed by atoms with Gasteiger partial charge in [-0.2, -0.15) is 0 Å². The lowest BCUT2D eigenvalue weighted by Gasteiger charge is -2.12. The maximum Gasteiger partial charge on any atom is 0.238 e. The standard InChI is InChI=1S/C12H18ClN3O2.2ClH/c1-16(2)5-6-18-11-4-3-9(7-10(11)13)15-12(17)8-14;;/h3-4,7H,5-6,8,14H2,1-2H3,(H,15,17);2*1H. The van der Waals surface area contributed by atoms with Gasteiger partial charge in [0.15, 0.2) is 0 Å². The van der Waals surface area contributed by atoms with E-state index in [1.165, 1.54) is 0 Å². The SMILES string of the molecule is CN(C)CCOc1ccc(NC(=O)CN)cc1Cl.Cl.Cl. The predicted molar refractivity (Wildman–Crippen MR) is 87.7 cm³/mol. The largest absolute Gasteiger partial charge is 0.491 e. The number of amides is 1. The van der Waals surface area contributed by atoms with Gasteiger partial charge in [0.05, 0.1) is 11.6 Å². The highest BCUT2D eigenvalue weighted by Gasteiger charge is 2.05. The van der Waals surface area contributed by atoms with E-state index in [9.17, 15) is 4.79 Å². The Labute approximate surface area is 136 Å². The van der Waals surface area contributed by atoms with Crippen molar-refractivity contribution < 1.29 is 9.53 Å². The number of halogens is 3. The molecule has 0 heterocycles. The van der Waals surface area contributed by atoms with Crippen molar-refractivity contribution in [1.29, 1.82) is 0 Å². The van der Waals surface area contributed by atoms with Gasteiger partial charge in [-0.3, -0.25) is 4.79 Å². The molecule has 1 rings (SSSR count). The molecular weight excluding hydrogens is 325 g/mol. The fourth-order valence-electron chi connectivity index (χ4n) is 1.25. The third-order valence-corrected chi connectivity index (χ3v) is 2.49. The van der Waals surface area contributed by atoms with E-state index in [1.54, 1.807) is 18.2 Å². The molecule has 116 valence electrons. The van der Waals surface area contributed by atoms with Crippen LogP contribution in [0.2, 0.25) is 5.02 Å². The van der Waals surface area contributed by atoms with Gasteiger partial charge in [-0.25, -0.2) is 0 Å². The van der Waals surface area contributed by atoms with Crippen LogP contribution < -0.4 is 15.8 Å². The number of nitrogens with two attached hydrogens (primary N) is 1. The summed E-state index contributed by atoms with van der Waals surface area (Å²) in [5, 5.41) is 3.08. The normalized spacial score (nSPS) is 9.45. The second kappa shape index (κ2) is 11.0. The van der Waals surface area contributed by atoms with Crippen LogP contribution in [-0.2, 0) is 4.79 Å². The third-order valence-electron chi connectivity index (χ3n) is 2.20. The summed E-state index contributed by atoms with van der Waals surface area (Å²) < 4.78 is 5.52. The molecule has 0 atom stereocenters. The summed E-state index contributed by atoms with van der Waals surface area (Å²) in [5.74, 6) is 0.344. The lowest BCUT2D eigenvalue weighted by molar-refractivity contribution is -0.114. The highest BCUT2D eigenvalue weighted by atomic mass is 35.5. The fourth-order valence-corrected chi connectivity index (χ4v) is 1.48. The number of likely N-dealkylation sites (N-methyl/N-ethyl adjacent to an activating group) is 1. The molecule has 0 bridgehead atoms. The number of carbonyl (C=O) groups is 1. The Morgan fingerprint density at radius 2 is 2.05 bits per heavy atom. The number of hydrogen-bond acceptors (Lipinski definition) is 4. The fraction of sp³-hybridized carbons (Fsp3) is 0.417. The molecule has 1 amide bonds. The van der Waals surface area contributed by atoms with Crippen LogP contribution in [0, 0.1) is 0 Å². The van der Waals surface area contributed by atoms with Crippen molar-refractivity contribution in [2.45, 2.75) is 0 Å². The number of nitrogens with one attached hydrogen (secondary N) is 1. The average Bonchev–Trinajstić information content (AvgIpc) is 2.31. The molecule has 0 spiro atoms. The summed E-state index contributed by atoms with van der Waals surface area (Å²) in [5.41, 5.74) is 5.81. The highest BCUT2D eigenvalue weighted by Crippen LogP contribution is 2.27. The molecule has 0 aliphatic heterocycles. The second-order valence-corrected chi connectivity index (χ2v) is 4.46. The van der Waals surface area contributed by atoms with Crippen LogP contribution in [0.4, 0.5) is 5.69 Å². The molecule has 0 aromatic heterocycles. The monoisotopic (exact) mass is 343 g/mol. The lowest BCUT2D eigenvalue weighted by atomic mass is 10.3. The molecule has 0 radical (unpaired) electrons. The third kappa shape index (κ3) is 7.77. The van der Waals surface area contributed by atoms with Crippen LogP contribution in [0.25, 0.3) is 0 Å². The molecule has 5 nitrogen and oxygen atoms in total. The van der Waals surface area contributed by atoms with Crippen LogP contribution in [-0.4, -0.2) is 44.6 Å². The van der Waals surface area contributed by atoms with Gasteiger partial charge >= 0.3 is 0 Å². The second-order valence-electron chi connectivity index (χ2n) is 4.05. The van der Waals surface area contributed by atoms with Crippen molar-refractivity contribution >= 4 is 48.0 Å². The molecule has 8 heteroatoms. The molecule has 3 N–H and O–H groups in total. The van der Waals surface area contributed by atoms with Crippen molar-refractivity contribution in [3.05, 3.63) is 23.2 Å². The summed E-state index contributed by atoms with van der Waals surface area (Å²) in [6.45, 7) is 1.31. The van der Waals surface area contributed by atoms with Gasteiger partial charge in [0.2, 0.25) is 5.91 Å². The molecule has 0 aliphatic rings. The highest BCUT2D eigenvalue weighted by molar-refractivity contribution is 6.32. The van der Waals surface area contributed by atoms with E-state index in [2.05, 4.69) is 5.32 Å². The van der Waals surface area contributed by atoms with Gasteiger partial charge in [0, 0.05) is 12.2 Å². The van der Waals surface area contributed by atoms with Gasteiger partial charge in [-0.1, -0.05) is 11.6 Å². The lowest BCUT2D eigenvalue weighted by Crippen LogP contribution is -2.21. The predicted octanol–water partition coefficient (Wildman–Crippen LogP) is 2.02. The zero-order chi connectivity index (χ0) is 13.5. The summed E-state index contributed by atoms with van der Waals surface area (Å²) in [4.78, 5) is 13.1. The summed E-state index contributed by atoms with van der Waals surface area (Å²) in [7, 11) is 3.94. The number of anilines is 1. The van der Waals surface area contributed by atoms with Gasteiger partial charge < -0.3 is 20.7 Å². The first-order valence-corrected chi connectivity index (χ1v) is 5.97. The zero-order valence-electron chi connectivity index (χ0n) is 11.4. The first kappa shape index (κ1) is 21.6. The quantitative estimate of drug-likeness (QED) is 0.828. The molecule has 1 aromatic rings. The topological polar surface area (TPSA) is 67.6 Å². The van der Waals surface area contributed by atoms with E-state index >= 15 is 0 Å². The Balaban J connectivity index is 0. The van der Waals surface area contributed by atoms with E-state index in [0.29, 0.717) is 23.1 Å². The molecule has 0 saturated carbocycles. The van der Waals surface area contributed by atoms with Crippen LogP contribution in [0.15, 0.2) is 18.2 Å². The maximum atomic E-state index is 11.1. The minimum atomic E-state index is -0.257. The van der Waals surface area contributed by atoms with E-state index in [1.807, 2.05) is 19.0 Å².